The molecule has 0 aliphatic carbocycles. The maximum atomic E-state index is 12.0. The molecule has 0 fully saturated rings. The highest BCUT2D eigenvalue weighted by atomic mass is 16.5. The molecule has 2 N–H and O–H groups in total. The highest BCUT2D eigenvalue weighted by Crippen LogP contribution is 2.29. The van der Waals surface area contributed by atoms with Gasteiger partial charge in [0.15, 0.2) is 6.61 Å². The quantitative estimate of drug-likeness (QED) is 0.582. The number of carboxylic acids is 1. The third-order valence-corrected chi connectivity index (χ3v) is 4.19. The Labute approximate surface area is 167 Å². The molecule has 156 valence electrons. The van der Waals surface area contributed by atoms with Crippen LogP contribution in [0.15, 0.2) is 27.4 Å². The van der Waals surface area contributed by atoms with Crippen molar-refractivity contribution in [2.24, 2.45) is 5.92 Å². The summed E-state index contributed by atoms with van der Waals surface area (Å²) in [5.74, 6) is -2.60. The second-order valence-corrected chi connectivity index (χ2v) is 7.06. The maximum absolute atomic E-state index is 12.0. The van der Waals surface area contributed by atoms with Gasteiger partial charge in [-0.15, -0.1) is 0 Å². The Morgan fingerprint density at radius 3 is 2.45 bits per heavy atom. The average molecular weight is 403 g/mol. The maximum Gasteiger partial charge on any atom is 0.336 e. The van der Waals surface area contributed by atoms with Crippen molar-refractivity contribution in [1.29, 1.82) is 0 Å². The number of amides is 2. The molecule has 1 heterocycles. The van der Waals surface area contributed by atoms with Gasteiger partial charge in [-0.25, -0.2) is 4.79 Å². The molecular weight excluding hydrogens is 380 g/mol. The smallest absolute Gasteiger partial charge is 0.336 e. The van der Waals surface area contributed by atoms with E-state index in [9.17, 15) is 24.3 Å². The summed E-state index contributed by atoms with van der Waals surface area (Å²) in [5.41, 5.74) is 1.30. The molecule has 2 rings (SSSR count). The molecule has 29 heavy (non-hydrogen) atoms. The van der Waals surface area contributed by atoms with Crippen LogP contribution in [-0.4, -0.2) is 37.0 Å². The highest BCUT2D eigenvalue weighted by molar-refractivity contribution is 5.89. The predicted molar refractivity (Wildman–Crippen MR) is 102 cm³/mol. The number of fused-ring (bicyclic) bond motifs is 1. The zero-order valence-corrected chi connectivity index (χ0v) is 16.7. The number of aliphatic carboxylic acids is 1. The van der Waals surface area contributed by atoms with Gasteiger partial charge in [-0.05, 0) is 43.0 Å². The average Bonchev–Trinajstić information content (AvgIpc) is 2.60. The van der Waals surface area contributed by atoms with Crippen molar-refractivity contribution in [1.82, 2.24) is 10.6 Å². The fraction of sp³-hybridized carbons (Fsp3) is 0.400. The minimum absolute atomic E-state index is 0.354. The summed E-state index contributed by atoms with van der Waals surface area (Å²) in [6.07, 6.45) is 0. The molecule has 1 aromatic heterocycles. The zero-order valence-electron chi connectivity index (χ0n) is 16.7. The molecule has 0 aliphatic heterocycles. The molecule has 0 unspecified atom stereocenters. The Morgan fingerprint density at radius 2 is 1.83 bits per heavy atom. The van der Waals surface area contributed by atoms with Crippen molar-refractivity contribution in [3.05, 3.63) is 39.7 Å². The first-order valence-corrected chi connectivity index (χ1v) is 9.03. The van der Waals surface area contributed by atoms with E-state index >= 15 is 0 Å². The number of carboxylic acid groups (broad SMARTS) is 1. The van der Waals surface area contributed by atoms with Crippen LogP contribution in [0, 0.1) is 19.8 Å². The van der Waals surface area contributed by atoms with Crippen LogP contribution < -0.4 is 26.1 Å². The normalized spacial score (nSPS) is 11.9. The van der Waals surface area contributed by atoms with Crippen LogP contribution >= 0.6 is 0 Å². The summed E-state index contributed by atoms with van der Waals surface area (Å²) < 4.78 is 10.7. The second kappa shape index (κ2) is 9.22. The molecule has 0 bridgehead atoms. The van der Waals surface area contributed by atoms with Crippen molar-refractivity contribution in [3.8, 4) is 5.75 Å². The molecule has 9 heteroatoms. The van der Waals surface area contributed by atoms with Crippen molar-refractivity contribution < 1.29 is 28.6 Å². The topological polar surface area (TPSA) is 138 Å². The van der Waals surface area contributed by atoms with Gasteiger partial charge in [0.1, 0.15) is 11.3 Å². The monoisotopic (exact) mass is 403 g/mol. The minimum atomic E-state index is -1.39. The molecule has 2 aromatic rings. The highest BCUT2D eigenvalue weighted by Gasteiger charge is 2.18. The number of hydrogen-bond acceptors (Lipinski definition) is 7. The number of benzene rings is 1. The third-order valence-electron chi connectivity index (χ3n) is 4.19. The van der Waals surface area contributed by atoms with Crippen LogP contribution in [0.1, 0.15) is 25.0 Å². The first-order valence-electron chi connectivity index (χ1n) is 9.03. The number of carbonyl (C=O) groups is 3. The van der Waals surface area contributed by atoms with Crippen LogP contribution in [0.5, 0.6) is 5.75 Å². The summed E-state index contributed by atoms with van der Waals surface area (Å²) in [4.78, 5) is 46.4. The van der Waals surface area contributed by atoms with Gasteiger partial charge in [-0.1, -0.05) is 13.8 Å². The number of hydrogen-bond donors (Lipinski definition) is 2. The molecule has 0 spiro atoms. The lowest BCUT2D eigenvalue weighted by molar-refractivity contribution is -0.309. The lowest BCUT2D eigenvalue weighted by Crippen LogP contribution is -2.53. The zero-order chi connectivity index (χ0) is 21.7. The fourth-order valence-corrected chi connectivity index (χ4v) is 2.79. The molecule has 0 aliphatic rings. The number of carbonyl (C=O) groups excluding carboxylic acids is 3. The lowest BCUT2D eigenvalue weighted by atomic mass is 10.1. The van der Waals surface area contributed by atoms with E-state index in [1.54, 1.807) is 39.8 Å². The summed E-state index contributed by atoms with van der Waals surface area (Å²) >= 11 is 0. The van der Waals surface area contributed by atoms with Gasteiger partial charge in [0.05, 0.1) is 23.9 Å². The van der Waals surface area contributed by atoms with Gasteiger partial charge >= 0.3 is 5.63 Å². The van der Waals surface area contributed by atoms with Crippen molar-refractivity contribution in [2.45, 2.75) is 33.7 Å². The SMILES string of the molecule is Cc1cc(OCC(=O)NCC(=O)N[C@H](C(=O)[O-])C(C)C)c2c(C)cc(=O)oc2c1. The fourth-order valence-electron chi connectivity index (χ4n) is 2.79. The second-order valence-electron chi connectivity index (χ2n) is 7.06. The van der Waals surface area contributed by atoms with E-state index in [4.69, 9.17) is 9.15 Å². The molecule has 0 saturated heterocycles. The van der Waals surface area contributed by atoms with Gasteiger partial charge in [0, 0.05) is 6.07 Å². The molecule has 9 nitrogen and oxygen atoms in total. The molecule has 1 atom stereocenters. The minimum Gasteiger partial charge on any atom is -0.548 e. The van der Waals surface area contributed by atoms with E-state index in [0.29, 0.717) is 22.3 Å². The Balaban J connectivity index is 1.99. The molecule has 2 amide bonds. The first-order chi connectivity index (χ1) is 13.6. The largest absolute Gasteiger partial charge is 0.548 e. The Hall–Kier alpha value is -3.36. The Morgan fingerprint density at radius 1 is 1.14 bits per heavy atom. The number of aryl methyl sites for hydroxylation is 2. The van der Waals surface area contributed by atoms with Crippen LogP contribution in [0.4, 0.5) is 0 Å². The van der Waals surface area contributed by atoms with E-state index < -0.39 is 36.0 Å². The van der Waals surface area contributed by atoms with Crippen LogP contribution in [0.2, 0.25) is 0 Å². The third kappa shape index (κ3) is 5.81. The van der Waals surface area contributed by atoms with E-state index in [1.165, 1.54) is 6.07 Å². The van der Waals surface area contributed by atoms with Gasteiger partial charge in [-0.3, -0.25) is 9.59 Å². The lowest BCUT2D eigenvalue weighted by Gasteiger charge is -2.23. The number of rotatable bonds is 8. The van der Waals surface area contributed by atoms with Crippen LogP contribution in [0.25, 0.3) is 11.0 Å². The molecule has 0 saturated carbocycles. The number of nitrogens with one attached hydrogen (secondary N) is 2. The molecule has 0 radical (unpaired) electrons. The van der Waals surface area contributed by atoms with Crippen LogP contribution in [-0.2, 0) is 14.4 Å². The van der Waals surface area contributed by atoms with Crippen molar-refractivity contribution in [2.75, 3.05) is 13.2 Å². The van der Waals surface area contributed by atoms with E-state index in [2.05, 4.69) is 10.6 Å². The first kappa shape index (κ1) is 21.9. The van der Waals surface area contributed by atoms with Gasteiger partial charge in [0.25, 0.3) is 5.91 Å². The van der Waals surface area contributed by atoms with Crippen molar-refractivity contribution in [3.63, 3.8) is 0 Å². The van der Waals surface area contributed by atoms with Gasteiger partial charge in [-0.2, -0.15) is 0 Å². The van der Waals surface area contributed by atoms with Crippen LogP contribution in [0.3, 0.4) is 0 Å². The van der Waals surface area contributed by atoms with Crippen molar-refractivity contribution >= 4 is 28.8 Å². The summed E-state index contributed by atoms with van der Waals surface area (Å²) in [6.45, 7) is 6.00. The summed E-state index contributed by atoms with van der Waals surface area (Å²) in [5, 5.41) is 16.2. The molecule has 1 aromatic carbocycles. The summed E-state index contributed by atoms with van der Waals surface area (Å²) in [6, 6.07) is 3.59. The Bertz CT molecular complexity index is 994. The Kier molecular flexibility index (Phi) is 6.98. The van der Waals surface area contributed by atoms with E-state index in [0.717, 1.165) is 5.56 Å². The number of ether oxygens (including phenoxy) is 1. The predicted octanol–water partition coefficient (Wildman–Crippen LogP) is -0.204. The standard InChI is InChI=1S/C20H24N2O7/c1-10(2)19(20(26)27)22-15(23)8-21-16(24)9-28-13-5-11(3)6-14-18(13)12(4)7-17(25)29-14/h5-7,10,19H,8-9H2,1-4H3,(H,21,24)(H,22,23)(H,26,27)/p-1/t19-/m0/s1. The van der Waals surface area contributed by atoms with Gasteiger partial charge in [0.2, 0.25) is 5.91 Å². The van der Waals surface area contributed by atoms with E-state index in [1.807, 2.05) is 0 Å². The summed E-state index contributed by atoms with van der Waals surface area (Å²) in [7, 11) is 0. The van der Waals surface area contributed by atoms with E-state index in [-0.39, 0.29) is 12.5 Å². The van der Waals surface area contributed by atoms with Gasteiger partial charge < -0.3 is 29.7 Å². The molecular formula is C20H23N2O7-.